The lowest BCUT2D eigenvalue weighted by Crippen LogP contribution is -2.51. The third-order valence-corrected chi connectivity index (χ3v) is 2.75. The van der Waals surface area contributed by atoms with Crippen LogP contribution in [0.3, 0.4) is 0 Å². The SMILES string of the molecule is COC(=O)[C@H]1[C@H](n2cncn2)OC=CN1C(=O)OC(C)(C)C. The first kappa shape index (κ1) is 15.8. The average Bonchev–Trinajstić information content (AvgIpc) is 2.97. The van der Waals surface area contributed by atoms with Crippen LogP contribution >= 0.6 is 0 Å². The van der Waals surface area contributed by atoms with Crippen molar-refractivity contribution in [2.24, 2.45) is 0 Å². The van der Waals surface area contributed by atoms with Gasteiger partial charge in [0.15, 0.2) is 6.04 Å². The smallest absolute Gasteiger partial charge is 0.415 e. The fourth-order valence-corrected chi connectivity index (χ4v) is 1.88. The number of carbonyl (C=O) groups is 2. The molecule has 1 aromatic heterocycles. The highest BCUT2D eigenvalue weighted by Crippen LogP contribution is 2.26. The summed E-state index contributed by atoms with van der Waals surface area (Å²) in [4.78, 5) is 29.3. The Balaban J connectivity index is 2.31. The second-order valence-corrected chi connectivity index (χ2v) is 5.54. The second kappa shape index (κ2) is 6.04. The van der Waals surface area contributed by atoms with Gasteiger partial charge in [-0.1, -0.05) is 0 Å². The largest absolute Gasteiger partial charge is 0.472 e. The third-order valence-electron chi connectivity index (χ3n) is 2.75. The molecule has 0 aliphatic carbocycles. The lowest BCUT2D eigenvalue weighted by molar-refractivity contribution is -0.155. The van der Waals surface area contributed by atoms with Gasteiger partial charge >= 0.3 is 12.1 Å². The molecule has 1 aromatic rings. The number of hydrogen-bond acceptors (Lipinski definition) is 7. The molecule has 0 spiro atoms. The zero-order valence-electron chi connectivity index (χ0n) is 12.8. The lowest BCUT2D eigenvalue weighted by Gasteiger charge is -2.35. The molecule has 0 saturated carbocycles. The average molecular weight is 310 g/mol. The fraction of sp³-hybridized carbons (Fsp3) is 0.538. The van der Waals surface area contributed by atoms with Crippen molar-refractivity contribution in [1.29, 1.82) is 0 Å². The van der Waals surface area contributed by atoms with Crippen LogP contribution in [0.25, 0.3) is 0 Å². The van der Waals surface area contributed by atoms with Crippen molar-refractivity contribution in [2.45, 2.75) is 38.6 Å². The second-order valence-electron chi connectivity index (χ2n) is 5.54. The van der Waals surface area contributed by atoms with Crippen molar-refractivity contribution in [3.63, 3.8) is 0 Å². The molecule has 2 atom stereocenters. The van der Waals surface area contributed by atoms with Crippen molar-refractivity contribution in [3.05, 3.63) is 25.1 Å². The molecule has 120 valence electrons. The lowest BCUT2D eigenvalue weighted by atomic mass is 10.2. The van der Waals surface area contributed by atoms with Gasteiger partial charge in [-0.25, -0.2) is 19.3 Å². The van der Waals surface area contributed by atoms with E-state index in [4.69, 9.17) is 14.2 Å². The van der Waals surface area contributed by atoms with Crippen LogP contribution in [0.2, 0.25) is 0 Å². The van der Waals surface area contributed by atoms with E-state index in [0.717, 1.165) is 4.90 Å². The summed E-state index contributed by atoms with van der Waals surface area (Å²) in [7, 11) is 1.23. The highest BCUT2D eigenvalue weighted by molar-refractivity contribution is 5.82. The van der Waals surface area contributed by atoms with E-state index >= 15 is 0 Å². The number of methoxy groups -OCH3 is 1. The normalized spacial score (nSPS) is 21.2. The van der Waals surface area contributed by atoms with Crippen LogP contribution in [-0.4, -0.2) is 50.5 Å². The summed E-state index contributed by atoms with van der Waals surface area (Å²) in [5.41, 5.74) is -0.702. The number of rotatable bonds is 2. The van der Waals surface area contributed by atoms with Crippen LogP contribution in [0.1, 0.15) is 27.0 Å². The topological polar surface area (TPSA) is 95.8 Å². The van der Waals surface area contributed by atoms with Crippen molar-refractivity contribution in [1.82, 2.24) is 19.7 Å². The molecule has 9 heteroatoms. The molecular weight excluding hydrogens is 292 g/mol. The van der Waals surface area contributed by atoms with E-state index in [1.807, 2.05) is 0 Å². The minimum Gasteiger partial charge on any atom is -0.472 e. The molecule has 0 N–H and O–H groups in total. The Morgan fingerprint density at radius 3 is 2.59 bits per heavy atom. The van der Waals surface area contributed by atoms with Crippen LogP contribution < -0.4 is 0 Å². The molecule has 0 bridgehead atoms. The maximum absolute atomic E-state index is 12.3. The van der Waals surface area contributed by atoms with Gasteiger partial charge < -0.3 is 14.2 Å². The van der Waals surface area contributed by atoms with Gasteiger partial charge in [-0.2, -0.15) is 5.10 Å². The summed E-state index contributed by atoms with van der Waals surface area (Å²) in [5, 5.41) is 3.94. The van der Waals surface area contributed by atoms with E-state index in [-0.39, 0.29) is 0 Å². The summed E-state index contributed by atoms with van der Waals surface area (Å²) < 4.78 is 16.8. The molecule has 2 rings (SSSR count). The highest BCUT2D eigenvalue weighted by atomic mass is 16.6. The third kappa shape index (κ3) is 3.35. The highest BCUT2D eigenvalue weighted by Gasteiger charge is 2.43. The van der Waals surface area contributed by atoms with Gasteiger partial charge in [0.1, 0.15) is 24.5 Å². The first-order valence-electron chi connectivity index (χ1n) is 6.59. The molecule has 1 aliphatic heterocycles. The van der Waals surface area contributed by atoms with E-state index in [2.05, 4.69) is 10.1 Å². The van der Waals surface area contributed by atoms with E-state index < -0.39 is 29.9 Å². The van der Waals surface area contributed by atoms with Gasteiger partial charge in [-0.3, -0.25) is 4.90 Å². The fourth-order valence-electron chi connectivity index (χ4n) is 1.88. The van der Waals surface area contributed by atoms with E-state index in [9.17, 15) is 9.59 Å². The number of esters is 1. The maximum atomic E-state index is 12.3. The van der Waals surface area contributed by atoms with Gasteiger partial charge in [-0.05, 0) is 20.8 Å². The Kier molecular flexibility index (Phi) is 4.34. The number of aromatic nitrogens is 3. The van der Waals surface area contributed by atoms with Crippen LogP contribution in [-0.2, 0) is 19.0 Å². The predicted molar refractivity (Wildman–Crippen MR) is 73.2 cm³/mol. The molecule has 9 nitrogen and oxygen atoms in total. The summed E-state index contributed by atoms with van der Waals surface area (Å²) in [6, 6.07) is -1.08. The predicted octanol–water partition coefficient (Wildman–Crippen LogP) is 1.06. The van der Waals surface area contributed by atoms with Gasteiger partial charge in [0.05, 0.1) is 7.11 Å². The first-order valence-corrected chi connectivity index (χ1v) is 6.59. The Morgan fingerprint density at radius 1 is 1.32 bits per heavy atom. The van der Waals surface area contributed by atoms with Gasteiger partial charge in [0.2, 0.25) is 6.23 Å². The first-order chi connectivity index (χ1) is 10.3. The zero-order chi connectivity index (χ0) is 16.3. The maximum Gasteiger partial charge on any atom is 0.415 e. The molecule has 0 radical (unpaired) electrons. The van der Waals surface area contributed by atoms with Crippen molar-refractivity contribution < 1.29 is 23.8 Å². The van der Waals surface area contributed by atoms with Crippen molar-refractivity contribution in [2.75, 3.05) is 7.11 Å². The monoisotopic (exact) mass is 310 g/mol. The Labute approximate surface area is 127 Å². The number of hydrogen-bond donors (Lipinski definition) is 0. The molecule has 22 heavy (non-hydrogen) atoms. The standard InChI is InChI=1S/C13H18N4O5/c1-13(2,3)22-12(19)16-5-6-21-10(9(16)11(18)20-4)17-8-14-7-15-17/h5-10H,1-4H3/t9-,10-/m1/s1. The van der Waals surface area contributed by atoms with E-state index in [1.54, 1.807) is 20.8 Å². The minimum absolute atomic E-state index is 0.657. The van der Waals surface area contributed by atoms with E-state index in [1.165, 1.54) is 36.9 Å². The summed E-state index contributed by atoms with van der Waals surface area (Å²) >= 11 is 0. The van der Waals surface area contributed by atoms with Crippen LogP contribution in [0, 0.1) is 0 Å². The van der Waals surface area contributed by atoms with Gasteiger partial charge in [0.25, 0.3) is 0 Å². The molecule has 1 amide bonds. The van der Waals surface area contributed by atoms with Crippen LogP contribution in [0.15, 0.2) is 25.1 Å². The molecule has 0 fully saturated rings. The number of amides is 1. The summed E-state index contributed by atoms with van der Waals surface area (Å²) in [6.45, 7) is 5.20. The number of nitrogens with zero attached hydrogens (tertiary/aromatic N) is 4. The quantitative estimate of drug-likeness (QED) is 0.753. The summed E-state index contributed by atoms with van der Waals surface area (Å²) in [5.74, 6) is -0.657. The summed E-state index contributed by atoms with van der Waals surface area (Å²) in [6.07, 6.45) is 3.71. The van der Waals surface area contributed by atoms with Gasteiger partial charge in [-0.15, -0.1) is 0 Å². The van der Waals surface area contributed by atoms with Crippen molar-refractivity contribution in [3.8, 4) is 0 Å². The molecule has 0 unspecified atom stereocenters. The molecule has 2 heterocycles. The molecule has 0 saturated heterocycles. The Bertz CT molecular complexity index is 563. The molecule has 0 aromatic carbocycles. The number of ether oxygens (including phenoxy) is 3. The van der Waals surface area contributed by atoms with Crippen molar-refractivity contribution >= 4 is 12.1 Å². The minimum atomic E-state index is -1.08. The van der Waals surface area contributed by atoms with Crippen LogP contribution in [0.5, 0.6) is 0 Å². The zero-order valence-corrected chi connectivity index (χ0v) is 12.8. The molecule has 1 aliphatic rings. The van der Waals surface area contributed by atoms with Gasteiger partial charge in [0, 0.05) is 6.20 Å². The molecular formula is C13H18N4O5. The Morgan fingerprint density at radius 2 is 2.05 bits per heavy atom. The number of carbonyl (C=O) groups excluding carboxylic acids is 2. The Hall–Kier alpha value is -2.58. The van der Waals surface area contributed by atoms with Crippen LogP contribution in [0.4, 0.5) is 4.79 Å². The van der Waals surface area contributed by atoms with E-state index in [0.29, 0.717) is 0 Å².